The molecule has 102 valence electrons. The van der Waals surface area contributed by atoms with Gasteiger partial charge in [-0.3, -0.25) is 0 Å². The summed E-state index contributed by atoms with van der Waals surface area (Å²) in [6.07, 6.45) is 3.58. The molecule has 1 aromatic heterocycles. The summed E-state index contributed by atoms with van der Waals surface area (Å²) >= 11 is 6.04. The molecule has 0 saturated heterocycles. The average Bonchev–Trinajstić information content (AvgIpc) is 2.81. The molecule has 0 fully saturated rings. The van der Waals surface area contributed by atoms with Gasteiger partial charge in [0, 0.05) is 17.4 Å². The molecule has 1 aromatic carbocycles. The molecule has 0 saturated carbocycles. The van der Waals surface area contributed by atoms with Gasteiger partial charge in [-0.15, -0.1) is 0 Å². The van der Waals surface area contributed by atoms with Gasteiger partial charge in [-0.05, 0) is 45.0 Å². The van der Waals surface area contributed by atoms with Crippen LogP contribution in [-0.2, 0) is 0 Å². The van der Waals surface area contributed by atoms with Gasteiger partial charge in [0.2, 0.25) is 0 Å². The van der Waals surface area contributed by atoms with Crippen molar-refractivity contribution < 1.29 is 5.11 Å². The minimum absolute atomic E-state index is 0.125. The quantitative estimate of drug-likeness (QED) is 0.904. The van der Waals surface area contributed by atoms with Crippen LogP contribution in [0.15, 0.2) is 36.7 Å². The number of halogens is 1. The predicted octanol–water partition coefficient (Wildman–Crippen LogP) is 3.10. The smallest absolute Gasteiger partial charge is 0.0877 e. The standard InChI is InChI=1S/C14H18ClN3O/c1-10(14(2,3)19)17-12-9-11(15)5-6-13(12)18-8-4-7-16-18/h4-10,17,19H,1-3H3. The van der Waals surface area contributed by atoms with Crippen molar-refractivity contribution in [2.24, 2.45) is 0 Å². The number of nitrogens with zero attached hydrogens (tertiary/aromatic N) is 2. The van der Waals surface area contributed by atoms with E-state index in [-0.39, 0.29) is 6.04 Å². The van der Waals surface area contributed by atoms with Crippen LogP contribution in [0.3, 0.4) is 0 Å². The van der Waals surface area contributed by atoms with Gasteiger partial charge in [-0.25, -0.2) is 4.68 Å². The Morgan fingerprint density at radius 3 is 2.74 bits per heavy atom. The van der Waals surface area contributed by atoms with Gasteiger partial charge in [0.15, 0.2) is 0 Å². The molecule has 4 nitrogen and oxygen atoms in total. The van der Waals surface area contributed by atoms with Crippen molar-refractivity contribution in [3.05, 3.63) is 41.7 Å². The first-order chi connectivity index (χ1) is 8.88. The average molecular weight is 280 g/mol. The minimum Gasteiger partial charge on any atom is -0.388 e. The lowest BCUT2D eigenvalue weighted by atomic mass is 10.0. The summed E-state index contributed by atoms with van der Waals surface area (Å²) in [7, 11) is 0. The Kier molecular flexibility index (Phi) is 3.83. The van der Waals surface area contributed by atoms with Crippen molar-refractivity contribution >= 4 is 17.3 Å². The molecule has 0 aliphatic heterocycles. The molecule has 2 rings (SSSR count). The molecular weight excluding hydrogens is 262 g/mol. The zero-order valence-corrected chi connectivity index (χ0v) is 12.0. The SMILES string of the molecule is CC(Nc1cc(Cl)ccc1-n1cccn1)C(C)(C)O. The van der Waals surface area contributed by atoms with Crippen molar-refractivity contribution in [2.45, 2.75) is 32.4 Å². The molecule has 2 aromatic rings. The zero-order chi connectivity index (χ0) is 14.0. The van der Waals surface area contributed by atoms with Crippen molar-refractivity contribution in [1.82, 2.24) is 9.78 Å². The fraction of sp³-hybridized carbons (Fsp3) is 0.357. The Morgan fingerprint density at radius 1 is 1.42 bits per heavy atom. The van der Waals surface area contributed by atoms with E-state index in [1.54, 1.807) is 24.7 Å². The predicted molar refractivity (Wildman–Crippen MR) is 78.0 cm³/mol. The lowest BCUT2D eigenvalue weighted by Crippen LogP contribution is -2.39. The second kappa shape index (κ2) is 5.23. The van der Waals surface area contributed by atoms with Gasteiger partial charge in [0.05, 0.1) is 23.0 Å². The first kappa shape index (κ1) is 13.9. The summed E-state index contributed by atoms with van der Waals surface area (Å²) in [5, 5.41) is 18.2. The Labute approximate surface area is 118 Å². The summed E-state index contributed by atoms with van der Waals surface area (Å²) in [6, 6.07) is 7.28. The zero-order valence-electron chi connectivity index (χ0n) is 11.3. The second-order valence-corrected chi connectivity index (χ2v) is 5.57. The topological polar surface area (TPSA) is 50.1 Å². The van der Waals surface area contributed by atoms with E-state index < -0.39 is 5.60 Å². The molecule has 1 unspecified atom stereocenters. The Hall–Kier alpha value is -1.52. The highest BCUT2D eigenvalue weighted by Crippen LogP contribution is 2.26. The molecule has 5 heteroatoms. The normalized spacial score (nSPS) is 13.3. The largest absolute Gasteiger partial charge is 0.388 e. The monoisotopic (exact) mass is 279 g/mol. The summed E-state index contributed by atoms with van der Waals surface area (Å²) in [4.78, 5) is 0. The van der Waals surface area contributed by atoms with Gasteiger partial charge in [-0.2, -0.15) is 5.10 Å². The molecule has 0 spiro atoms. The molecule has 2 N–H and O–H groups in total. The first-order valence-electron chi connectivity index (χ1n) is 6.16. The van der Waals surface area contributed by atoms with Crippen LogP contribution >= 0.6 is 11.6 Å². The molecular formula is C14H18ClN3O. The number of hydrogen-bond donors (Lipinski definition) is 2. The first-order valence-corrected chi connectivity index (χ1v) is 6.54. The molecule has 0 bridgehead atoms. The maximum Gasteiger partial charge on any atom is 0.0877 e. The van der Waals surface area contributed by atoms with E-state index in [1.807, 2.05) is 37.4 Å². The highest BCUT2D eigenvalue weighted by molar-refractivity contribution is 6.31. The number of hydrogen-bond acceptors (Lipinski definition) is 3. The van der Waals surface area contributed by atoms with Gasteiger partial charge < -0.3 is 10.4 Å². The summed E-state index contributed by atoms with van der Waals surface area (Å²) in [5.41, 5.74) is 0.903. The third-order valence-electron chi connectivity index (χ3n) is 3.14. The number of aromatic nitrogens is 2. The highest BCUT2D eigenvalue weighted by atomic mass is 35.5. The highest BCUT2D eigenvalue weighted by Gasteiger charge is 2.23. The number of aliphatic hydroxyl groups is 1. The second-order valence-electron chi connectivity index (χ2n) is 5.13. The van der Waals surface area contributed by atoms with Gasteiger partial charge in [0.25, 0.3) is 0 Å². The lowest BCUT2D eigenvalue weighted by molar-refractivity contribution is 0.0649. The van der Waals surface area contributed by atoms with E-state index in [0.717, 1.165) is 11.4 Å². The molecule has 19 heavy (non-hydrogen) atoms. The van der Waals surface area contributed by atoms with Crippen LogP contribution in [-0.4, -0.2) is 26.5 Å². The van der Waals surface area contributed by atoms with Crippen LogP contribution in [0.4, 0.5) is 5.69 Å². The van der Waals surface area contributed by atoms with E-state index in [1.165, 1.54) is 0 Å². The van der Waals surface area contributed by atoms with Gasteiger partial charge in [0.1, 0.15) is 0 Å². The van der Waals surface area contributed by atoms with Crippen molar-refractivity contribution in [1.29, 1.82) is 0 Å². The number of benzene rings is 1. The molecule has 0 radical (unpaired) electrons. The third kappa shape index (κ3) is 3.28. The fourth-order valence-corrected chi connectivity index (χ4v) is 1.82. The summed E-state index contributed by atoms with van der Waals surface area (Å²) < 4.78 is 1.76. The Bertz CT molecular complexity index is 546. The van der Waals surface area contributed by atoms with Crippen LogP contribution in [0, 0.1) is 0 Å². The van der Waals surface area contributed by atoms with Crippen molar-refractivity contribution in [3.8, 4) is 5.69 Å². The third-order valence-corrected chi connectivity index (χ3v) is 3.38. The van der Waals surface area contributed by atoms with Gasteiger partial charge in [-0.1, -0.05) is 11.6 Å². The van der Waals surface area contributed by atoms with E-state index in [2.05, 4.69) is 10.4 Å². The molecule has 0 aliphatic carbocycles. The van der Waals surface area contributed by atoms with E-state index in [4.69, 9.17) is 11.6 Å². The molecule has 1 atom stereocenters. The van der Waals surface area contributed by atoms with Crippen LogP contribution < -0.4 is 5.32 Å². The molecule has 1 heterocycles. The molecule has 0 amide bonds. The maximum atomic E-state index is 10.0. The van der Waals surface area contributed by atoms with Crippen LogP contribution in [0.1, 0.15) is 20.8 Å². The minimum atomic E-state index is -0.830. The maximum absolute atomic E-state index is 10.0. The molecule has 0 aliphatic rings. The summed E-state index contributed by atoms with van der Waals surface area (Å²) in [6.45, 7) is 5.46. The van der Waals surface area contributed by atoms with Crippen LogP contribution in [0.5, 0.6) is 0 Å². The number of rotatable bonds is 4. The number of anilines is 1. The van der Waals surface area contributed by atoms with Crippen molar-refractivity contribution in [2.75, 3.05) is 5.32 Å². The van der Waals surface area contributed by atoms with E-state index >= 15 is 0 Å². The van der Waals surface area contributed by atoms with Crippen molar-refractivity contribution in [3.63, 3.8) is 0 Å². The lowest BCUT2D eigenvalue weighted by Gasteiger charge is -2.28. The number of nitrogens with one attached hydrogen (secondary N) is 1. The van der Waals surface area contributed by atoms with Crippen LogP contribution in [0.2, 0.25) is 5.02 Å². The Morgan fingerprint density at radius 2 is 2.16 bits per heavy atom. The van der Waals surface area contributed by atoms with E-state index in [9.17, 15) is 5.11 Å². The van der Waals surface area contributed by atoms with Gasteiger partial charge >= 0.3 is 0 Å². The van der Waals surface area contributed by atoms with E-state index in [0.29, 0.717) is 5.02 Å². The van der Waals surface area contributed by atoms with Crippen LogP contribution in [0.25, 0.3) is 5.69 Å². The Balaban J connectivity index is 2.36. The fourth-order valence-electron chi connectivity index (χ4n) is 1.64. The summed E-state index contributed by atoms with van der Waals surface area (Å²) in [5.74, 6) is 0.